The second-order valence-electron chi connectivity index (χ2n) is 4.92. The van der Waals surface area contributed by atoms with E-state index in [2.05, 4.69) is 0 Å². The zero-order valence-corrected chi connectivity index (χ0v) is 10.0. The van der Waals surface area contributed by atoms with Gasteiger partial charge in [-0.25, -0.2) is 0 Å². The van der Waals surface area contributed by atoms with E-state index in [1.54, 1.807) is 0 Å². The second-order valence-corrected chi connectivity index (χ2v) is 4.92. The molecule has 3 nitrogen and oxygen atoms in total. The number of amides is 1. The van der Waals surface area contributed by atoms with Gasteiger partial charge in [-0.15, -0.1) is 0 Å². The number of hydrogen-bond donors (Lipinski definition) is 1. The van der Waals surface area contributed by atoms with E-state index in [0.29, 0.717) is 13.0 Å². The summed E-state index contributed by atoms with van der Waals surface area (Å²) in [5, 5.41) is 8.74. The molecule has 0 saturated heterocycles. The Hall–Kier alpha value is -0.570. The molecule has 14 heavy (non-hydrogen) atoms. The Morgan fingerprint density at radius 2 is 1.86 bits per heavy atom. The highest BCUT2D eigenvalue weighted by Gasteiger charge is 2.28. The van der Waals surface area contributed by atoms with E-state index in [9.17, 15) is 4.79 Å². The predicted octanol–water partition coefficient (Wildman–Crippen LogP) is 1.65. The molecule has 0 bridgehead atoms. The molecule has 0 aromatic rings. The van der Waals surface area contributed by atoms with Crippen LogP contribution in [0.3, 0.4) is 0 Å². The van der Waals surface area contributed by atoms with E-state index in [4.69, 9.17) is 5.11 Å². The van der Waals surface area contributed by atoms with Gasteiger partial charge in [0.05, 0.1) is 0 Å². The molecule has 0 aliphatic carbocycles. The third-order valence-electron chi connectivity index (χ3n) is 2.08. The molecule has 3 heteroatoms. The predicted molar refractivity (Wildman–Crippen MR) is 58.0 cm³/mol. The van der Waals surface area contributed by atoms with Crippen molar-refractivity contribution in [2.24, 2.45) is 5.41 Å². The molecule has 1 N–H and O–H groups in total. The zero-order valence-electron chi connectivity index (χ0n) is 10.0. The largest absolute Gasteiger partial charge is 0.396 e. The number of carbonyl (C=O) groups is 1. The van der Waals surface area contributed by atoms with Gasteiger partial charge in [0.1, 0.15) is 0 Å². The number of aliphatic hydroxyl groups excluding tert-OH is 1. The average Bonchev–Trinajstić information content (AvgIpc) is 2.02. The van der Waals surface area contributed by atoms with E-state index in [0.717, 1.165) is 0 Å². The molecule has 0 aromatic heterocycles. The van der Waals surface area contributed by atoms with E-state index in [1.807, 2.05) is 39.5 Å². The minimum absolute atomic E-state index is 0.140. The molecule has 0 rings (SSSR count). The van der Waals surface area contributed by atoms with Gasteiger partial charge in [0.2, 0.25) is 5.91 Å². The molecule has 0 atom stereocenters. The molecule has 0 radical (unpaired) electrons. The lowest BCUT2D eigenvalue weighted by atomic mass is 9.94. The van der Waals surface area contributed by atoms with Crippen molar-refractivity contribution in [2.45, 2.75) is 47.1 Å². The summed E-state index contributed by atoms with van der Waals surface area (Å²) in [7, 11) is 0. The van der Waals surface area contributed by atoms with Crippen LogP contribution in [0.5, 0.6) is 0 Å². The standard InChI is InChI=1S/C11H23NO2/c1-9(2)12(7-6-8-13)10(14)11(3,4)5/h9,13H,6-8H2,1-5H3. The topological polar surface area (TPSA) is 40.5 Å². The first-order chi connectivity index (χ1) is 6.30. The molecular weight excluding hydrogens is 178 g/mol. The molecule has 0 unspecified atom stereocenters. The summed E-state index contributed by atoms with van der Waals surface area (Å²) in [4.78, 5) is 13.8. The number of aliphatic hydroxyl groups is 1. The first kappa shape index (κ1) is 13.4. The highest BCUT2D eigenvalue weighted by atomic mass is 16.3. The Bertz CT molecular complexity index is 182. The van der Waals surface area contributed by atoms with Crippen LogP contribution in [0.2, 0.25) is 0 Å². The van der Waals surface area contributed by atoms with Crippen LogP contribution >= 0.6 is 0 Å². The molecule has 0 fully saturated rings. The highest BCUT2D eigenvalue weighted by Crippen LogP contribution is 2.19. The minimum atomic E-state index is -0.334. The highest BCUT2D eigenvalue weighted by molar-refractivity contribution is 5.81. The Morgan fingerprint density at radius 3 is 2.14 bits per heavy atom. The van der Waals surface area contributed by atoms with Crippen molar-refractivity contribution in [3.05, 3.63) is 0 Å². The van der Waals surface area contributed by atoms with Crippen LogP contribution in [0.15, 0.2) is 0 Å². The van der Waals surface area contributed by atoms with Crippen molar-refractivity contribution >= 4 is 5.91 Å². The molecule has 0 saturated carbocycles. The van der Waals surface area contributed by atoms with Gasteiger partial charge in [-0.3, -0.25) is 4.79 Å². The van der Waals surface area contributed by atoms with E-state index >= 15 is 0 Å². The third kappa shape index (κ3) is 4.09. The SMILES string of the molecule is CC(C)N(CCCO)C(=O)C(C)(C)C. The molecule has 84 valence electrons. The molecule has 0 aromatic carbocycles. The van der Waals surface area contributed by atoms with Crippen molar-refractivity contribution in [3.8, 4) is 0 Å². The number of nitrogens with zero attached hydrogens (tertiary/aromatic N) is 1. The van der Waals surface area contributed by atoms with Crippen LogP contribution in [0.4, 0.5) is 0 Å². The molecular formula is C11H23NO2. The molecule has 0 aliphatic heterocycles. The number of rotatable bonds is 4. The van der Waals surface area contributed by atoms with E-state index < -0.39 is 0 Å². The molecule has 0 heterocycles. The summed E-state index contributed by atoms with van der Waals surface area (Å²) < 4.78 is 0. The quantitative estimate of drug-likeness (QED) is 0.751. The monoisotopic (exact) mass is 201 g/mol. The molecule has 0 spiro atoms. The van der Waals surface area contributed by atoms with E-state index in [1.165, 1.54) is 0 Å². The first-order valence-electron chi connectivity index (χ1n) is 5.22. The van der Waals surface area contributed by atoms with Gasteiger partial charge in [-0.1, -0.05) is 20.8 Å². The third-order valence-corrected chi connectivity index (χ3v) is 2.08. The smallest absolute Gasteiger partial charge is 0.228 e. The van der Waals surface area contributed by atoms with Gasteiger partial charge in [-0.05, 0) is 20.3 Å². The van der Waals surface area contributed by atoms with Crippen LogP contribution in [0, 0.1) is 5.41 Å². The lowest BCUT2D eigenvalue weighted by Crippen LogP contribution is -2.44. The van der Waals surface area contributed by atoms with Crippen LogP contribution in [0.1, 0.15) is 41.0 Å². The van der Waals surface area contributed by atoms with Crippen molar-refractivity contribution in [2.75, 3.05) is 13.2 Å². The maximum absolute atomic E-state index is 12.0. The summed E-state index contributed by atoms with van der Waals surface area (Å²) >= 11 is 0. The summed E-state index contributed by atoms with van der Waals surface area (Å²) in [6.07, 6.45) is 0.653. The van der Waals surface area contributed by atoms with Crippen molar-refractivity contribution in [1.82, 2.24) is 4.90 Å². The fourth-order valence-corrected chi connectivity index (χ4v) is 1.27. The molecule has 1 amide bonds. The lowest BCUT2D eigenvalue weighted by Gasteiger charge is -2.32. The molecule has 0 aliphatic rings. The van der Waals surface area contributed by atoms with Gasteiger partial charge in [-0.2, -0.15) is 0 Å². The Labute approximate surface area is 87.1 Å². The lowest BCUT2D eigenvalue weighted by molar-refractivity contribution is -0.141. The van der Waals surface area contributed by atoms with Crippen LogP contribution in [-0.2, 0) is 4.79 Å². The summed E-state index contributed by atoms with van der Waals surface area (Å²) in [6.45, 7) is 10.5. The van der Waals surface area contributed by atoms with Gasteiger partial charge < -0.3 is 10.0 Å². The summed E-state index contributed by atoms with van der Waals surface area (Å²) in [5.74, 6) is 0.154. The summed E-state index contributed by atoms with van der Waals surface area (Å²) in [6, 6.07) is 0.202. The fourth-order valence-electron chi connectivity index (χ4n) is 1.27. The Balaban J connectivity index is 4.42. The Kier molecular flexibility index (Phi) is 5.13. The van der Waals surface area contributed by atoms with Crippen LogP contribution in [0.25, 0.3) is 0 Å². The van der Waals surface area contributed by atoms with Crippen molar-refractivity contribution < 1.29 is 9.90 Å². The van der Waals surface area contributed by atoms with E-state index in [-0.39, 0.29) is 24.0 Å². The fraction of sp³-hybridized carbons (Fsp3) is 0.909. The number of hydrogen-bond acceptors (Lipinski definition) is 2. The minimum Gasteiger partial charge on any atom is -0.396 e. The van der Waals surface area contributed by atoms with Gasteiger partial charge in [0, 0.05) is 24.6 Å². The first-order valence-corrected chi connectivity index (χ1v) is 5.22. The zero-order chi connectivity index (χ0) is 11.4. The number of carbonyl (C=O) groups excluding carboxylic acids is 1. The average molecular weight is 201 g/mol. The second kappa shape index (κ2) is 5.35. The summed E-state index contributed by atoms with van der Waals surface area (Å²) in [5.41, 5.74) is -0.334. The normalized spacial score (nSPS) is 11.9. The van der Waals surface area contributed by atoms with Gasteiger partial charge in [0.15, 0.2) is 0 Å². The van der Waals surface area contributed by atoms with Crippen LogP contribution in [-0.4, -0.2) is 35.1 Å². The van der Waals surface area contributed by atoms with Gasteiger partial charge >= 0.3 is 0 Å². The van der Waals surface area contributed by atoms with Crippen molar-refractivity contribution in [1.29, 1.82) is 0 Å². The van der Waals surface area contributed by atoms with Crippen molar-refractivity contribution in [3.63, 3.8) is 0 Å². The Morgan fingerprint density at radius 1 is 1.36 bits per heavy atom. The maximum Gasteiger partial charge on any atom is 0.228 e. The maximum atomic E-state index is 12.0. The van der Waals surface area contributed by atoms with Gasteiger partial charge in [0.25, 0.3) is 0 Å². The van der Waals surface area contributed by atoms with Crippen LogP contribution < -0.4 is 0 Å².